The molecule has 0 bridgehead atoms. The summed E-state index contributed by atoms with van der Waals surface area (Å²) < 4.78 is 15.5. The van der Waals surface area contributed by atoms with Crippen molar-refractivity contribution in [1.82, 2.24) is 5.32 Å². The van der Waals surface area contributed by atoms with Crippen molar-refractivity contribution in [3.8, 4) is 0 Å². The molecule has 2 rings (SSSR count). The maximum absolute atomic E-state index is 14.3. The molecule has 2 aromatic carbocycles. The number of hydrogen-bond acceptors (Lipinski definition) is 1. The Hall–Kier alpha value is -0.940. The molecule has 1 atom stereocenters. The summed E-state index contributed by atoms with van der Waals surface area (Å²) in [5, 5.41) is 3.47. The van der Waals surface area contributed by atoms with Crippen LogP contribution in [0.1, 0.15) is 36.1 Å². The second-order valence-electron chi connectivity index (χ2n) is 5.36. The molecule has 0 saturated heterocycles. The molecule has 3 heteroatoms. The second-order valence-corrected chi connectivity index (χ2v) is 6.61. The molecular weight excluding hydrogens is 376 g/mol. The predicted molar refractivity (Wildman–Crippen MR) is 95.0 cm³/mol. The highest BCUT2D eigenvalue weighted by Gasteiger charge is 2.15. The minimum Gasteiger partial charge on any atom is -0.310 e. The van der Waals surface area contributed by atoms with Crippen LogP contribution in [0.4, 0.5) is 4.39 Å². The molecule has 21 heavy (non-hydrogen) atoms. The molecule has 1 nitrogen and oxygen atoms in total. The van der Waals surface area contributed by atoms with Crippen molar-refractivity contribution in [2.24, 2.45) is 0 Å². The lowest BCUT2D eigenvalue weighted by molar-refractivity contribution is 0.496. The van der Waals surface area contributed by atoms with E-state index in [1.54, 1.807) is 6.07 Å². The summed E-state index contributed by atoms with van der Waals surface area (Å²) in [6.45, 7) is 4.93. The first-order valence-corrected chi connectivity index (χ1v) is 8.42. The third-order valence-corrected chi connectivity index (χ3v) is 4.24. The van der Waals surface area contributed by atoms with Crippen LogP contribution in [0.25, 0.3) is 0 Å². The number of nitrogens with one attached hydrogen (secondary N) is 1. The molecule has 0 amide bonds. The summed E-state index contributed by atoms with van der Waals surface area (Å²) in [4.78, 5) is 0. The minimum atomic E-state index is -0.117. The van der Waals surface area contributed by atoms with Crippen LogP contribution in [-0.4, -0.2) is 6.54 Å². The first-order valence-electron chi connectivity index (χ1n) is 7.34. The van der Waals surface area contributed by atoms with E-state index in [0.717, 1.165) is 30.5 Å². The van der Waals surface area contributed by atoms with Crippen LogP contribution in [0, 0.1) is 16.3 Å². The molecule has 0 radical (unpaired) electrons. The molecule has 0 fully saturated rings. The fourth-order valence-corrected chi connectivity index (χ4v) is 2.74. The van der Waals surface area contributed by atoms with E-state index in [1.807, 2.05) is 19.1 Å². The average molecular weight is 397 g/mol. The van der Waals surface area contributed by atoms with Gasteiger partial charge in [0.1, 0.15) is 5.82 Å². The third-order valence-electron chi connectivity index (χ3n) is 3.53. The van der Waals surface area contributed by atoms with Crippen molar-refractivity contribution in [3.63, 3.8) is 0 Å². The molecule has 0 aromatic heterocycles. The predicted octanol–water partition coefficient (Wildman–Crippen LogP) is 5.02. The van der Waals surface area contributed by atoms with Gasteiger partial charge in [0.15, 0.2) is 0 Å². The van der Waals surface area contributed by atoms with Gasteiger partial charge in [0.25, 0.3) is 0 Å². The molecule has 0 heterocycles. The van der Waals surface area contributed by atoms with Crippen molar-refractivity contribution in [3.05, 3.63) is 68.5 Å². The molecule has 0 spiro atoms. The van der Waals surface area contributed by atoms with Crippen LogP contribution in [0.3, 0.4) is 0 Å². The summed E-state index contributed by atoms with van der Waals surface area (Å²) >= 11 is 2.30. The van der Waals surface area contributed by atoms with Gasteiger partial charge in [-0.1, -0.05) is 31.2 Å². The van der Waals surface area contributed by atoms with Crippen molar-refractivity contribution in [2.45, 2.75) is 32.7 Å². The minimum absolute atomic E-state index is 0.0191. The largest absolute Gasteiger partial charge is 0.310 e. The van der Waals surface area contributed by atoms with Gasteiger partial charge < -0.3 is 5.32 Å². The number of hydrogen-bond donors (Lipinski definition) is 1. The Morgan fingerprint density at radius 2 is 1.86 bits per heavy atom. The Morgan fingerprint density at radius 3 is 2.48 bits per heavy atom. The van der Waals surface area contributed by atoms with Crippen LogP contribution in [-0.2, 0) is 6.42 Å². The summed E-state index contributed by atoms with van der Waals surface area (Å²) in [6.07, 6.45) is 1.84. The number of halogens is 2. The summed E-state index contributed by atoms with van der Waals surface area (Å²) in [5.41, 5.74) is 2.94. The highest BCUT2D eigenvalue weighted by molar-refractivity contribution is 14.1. The molecule has 2 aromatic rings. The van der Waals surface area contributed by atoms with Crippen LogP contribution in [0.2, 0.25) is 0 Å². The quantitative estimate of drug-likeness (QED) is 0.675. The van der Waals surface area contributed by atoms with Crippen molar-refractivity contribution in [1.29, 1.82) is 0 Å². The van der Waals surface area contributed by atoms with Gasteiger partial charge in [-0.2, -0.15) is 0 Å². The lowest BCUT2D eigenvalue weighted by Crippen LogP contribution is -2.25. The molecule has 0 aliphatic rings. The smallest absolute Gasteiger partial charge is 0.128 e. The molecule has 0 saturated carbocycles. The zero-order valence-electron chi connectivity index (χ0n) is 12.5. The lowest BCUT2D eigenvalue weighted by Gasteiger charge is -2.20. The average Bonchev–Trinajstić information content (AvgIpc) is 2.46. The molecule has 1 N–H and O–H groups in total. The fourth-order valence-electron chi connectivity index (χ4n) is 2.38. The third kappa shape index (κ3) is 4.78. The van der Waals surface area contributed by atoms with Gasteiger partial charge in [0.2, 0.25) is 0 Å². The van der Waals surface area contributed by atoms with Crippen LogP contribution in [0.15, 0.2) is 42.5 Å². The van der Waals surface area contributed by atoms with Crippen molar-refractivity contribution in [2.75, 3.05) is 6.54 Å². The van der Waals surface area contributed by atoms with Gasteiger partial charge in [0.05, 0.1) is 0 Å². The zero-order chi connectivity index (χ0) is 15.2. The molecular formula is C18H21FIN. The van der Waals surface area contributed by atoms with Crippen molar-refractivity contribution < 1.29 is 4.39 Å². The summed E-state index contributed by atoms with van der Waals surface area (Å²) in [5.74, 6) is -0.117. The Morgan fingerprint density at radius 1 is 1.14 bits per heavy atom. The molecule has 1 unspecified atom stereocenters. The highest BCUT2D eigenvalue weighted by atomic mass is 127. The summed E-state index contributed by atoms with van der Waals surface area (Å²) in [7, 11) is 0. The lowest BCUT2D eigenvalue weighted by atomic mass is 9.97. The topological polar surface area (TPSA) is 12.0 Å². The van der Waals surface area contributed by atoms with Gasteiger partial charge in [-0.3, -0.25) is 0 Å². The second kappa shape index (κ2) is 7.90. The van der Waals surface area contributed by atoms with Gasteiger partial charge in [-0.15, -0.1) is 0 Å². The Bertz CT molecular complexity index is 580. The summed E-state index contributed by atoms with van der Waals surface area (Å²) in [6, 6.07) is 14.0. The van der Waals surface area contributed by atoms with Crippen molar-refractivity contribution >= 4 is 22.6 Å². The zero-order valence-corrected chi connectivity index (χ0v) is 14.7. The maximum atomic E-state index is 14.3. The maximum Gasteiger partial charge on any atom is 0.128 e. The van der Waals surface area contributed by atoms with E-state index in [4.69, 9.17) is 0 Å². The number of aryl methyl sites for hydroxylation is 1. The molecule has 112 valence electrons. The van der Waals surface area contributed by atoms with E-state index in [2.05, 4.69) is 59.1 Å². The highest BCUT2D eigenvalue weighted by Crippen LogP contribution is 2.23. The standard InChI is InChI=1S/C18H21FIN/c1-3-10-21-18(12-14-5-7-15(20)8-6-14)16-9-4-13(2)11-17(16)19/h4-9,11,18,21H,3,10,12H2,1-2H3. The molecule has 0 aliphatic carbocycles. The number of rotatable bonds is 6. The van der Waals surface area contributed by atoms with E-state index in [1.165, 1.54) is 9.13 Å². The Labute approximate surface area is 140 Å². The van der Waals surface area contributed by atoms with Crippen LogP contribution >= 0.6 is 22.6 Å². The Kier molecular flexibility index (Phi) is 6.18. The van der Waals surface area contributed by atoms with E-state index in [-0.39, 0.29) is 11.9 Å². The molecule has 0 aliphatic heterocycles. The first-order chi connectivity index (χ1) is 10.1. The van der Waals surface area contributed by atoms with E-state index in [9.17, 15) is 4.39 Å². The SMILES string of the molecule is CCCNC(Cc1ccc(I)cc1)c1ccc(C)cc1F. The van der Waals surface area contributed by atoms with E-state index < -0.39 is 0 Å². The van der Waals surface area contributed by atoms with Gasteiger partial charge >= 0.3 is 0 Å². The van der Waals surface area contributed by atoms with E-state index >= 15 is 0 Å². The monoisotopic (exact) mass is 397 g/mol. The van der Waals surface area contributed by atoms with Crippen LogP contribution < -0.4 is 5.32 Å². The van der Waals surface area contributed by atoms with Gasteiger partial charge in [-0.25, -0.2) is 4.39 Å². The normalized spacial score (nSPS) is 12.4. The number of benzene rings is 2. The van der Waals surface area contributed by atoms with Crippen LogP contribution in [0.5, 0.6) is 0 Å². The van der Waals surface area contributed by atoms with Gasteiger partial charge in [-0.05, 0) is 78.2 Å². The van der Waals surface area contributed by atoms with Gasteiger partial charge in [0, 0.05) is 15.2 Å². The Balaban J connectivity index is 2.22. The van der Waals surface area contributed by atoms with E-state index in [0.29, 0.717) is 0 Å². The first kappa shape index (κ1) is 16.4. The fraction of sp³-hybridized carbons (Fsp3) is 0.333.